The first-order valence-electron chi connectivity index (χ1n) is 4.76. The Balaban J connectivity index is 4.64. The van der Waals surface area contributed by atoms with E-state index in [1.54, 1.807) is 14.0 Å². The van der Waals surface area contributed by atoms with Crippen molar-refractivity contribution >= 4 is 10.0 Å². The minimum Gasteiger partial charge on any atom is -0.329 e. The minimum absolute atomic E-state index is 0.137. The Morgan fingerprint density at radius 2 is 1.79 bits per heavy atom. The Bertz CT molecular complexity index is 267. The highest BCUT2D eigenvalue weighted by atomic mass is 32.2. The van der Waals surface area contributed by atoms with Gasteiger partial charge in [-0.2, -0.15) is 0 Å². The van der Waals surface area contributed by atoms with E-state index in [0.29, 0.717) is 6.54 Å². The molecule has 0 aromatic carbocycles. The highest BCUT2D eigenvalue weighted by molar-refractivity contribution is 7.89. The van der Waals surface area contributed by atoms with Crippen molar-refractivity contribution < 1.29 is 8.42 Å². The lowest BCUT2D eigenvalue weighted by Gasteiger charge is -2.27. The predicted molar refractivity (Wildman–Crippen MR) is 59.5 cm³/mol. The van der Waals surface area contributed by atoms with Crippen LogP contribution in [0.1, 0.15) is 27.7 Å². The van der Waals surface area contributed by atoms with Crippen LogP contribution >= 0.6 is 0 Å². The molecule has 0 amide bonds. The molecule has 0 saturated carbocycles. The van der Waals surface area contributed by atoms with Crippen molar-refractivity contribution in [2.24, 2.45) is 11.1 Å². The van der Waals surface area contributed by atoms with Gasteiger partial charge < -0.3 is 5.73 Å². The van der Waals surface area contributed by atoms with Crippen molar-refractivity contribution in [1.82, 2.24) is 4.31 Å². The summed E-state index contributed by atoms with van der Waals surface area (Å²) in [6, 6.07) is -0.137. The maximum absolute atomic E-state index is 11.8. The standard InChI is InChI=1S/C9H22N2O2S/c1-8(6-10)11(5)14(12,13)7-9(2,3)4/h8H,6-7,10H2,1-5H3. The van der Waals surface area contributed by atoms with Gasteiger partial charge in [0.25, 0.3) is 0 Å². The zero-order valence-corrected chi connectivity index (χ0v) is 10.6. The zero-order chi connectivity index (χ0) is 11.6. The van der Waals surface area contributed by atoms with E-state index in [4.69, 9.17) is 5.73 Å². The van der Waals surface area contributed by atoms with Crippen LogP contribution in [0.3, 0.4) is 0 Å². The van der Waals surface area contributed by atoms with Gasteiger partial charge in [0.1, 0.15) is 0 Å². The maximum Gasteiger partial charge on any atom is 0.214 e. The normalized spacial score (nSPS) is 15.9. The molecule has 0 aliphatic rings. The fourth-order valence-corrected chi connectivity index (χ4v) is 3.00. The molecule has 0 aromatic heterocycles. The quantitative estimate of drug-likeness (QED) is 0.759. The lowest BCUT2D eigenvalue weighted by Crippen LogP contribution is -2.42. The van der Waals surface area contributed by atoms with Crippen LogP contribution in [-0.4, -0.2) is 38.1 Å². The maximum atomic E-state index is 11.8. The van der Waals surface area contributed by atoms with Crippen LogP contribution in [0.25, 0.3) is 0 Å². The summed E-state index contributed by atoms with van der Waals surface area (Å²) in [5, 5.41) is 0. The Labute approximate surface area is 87.5 Å². The summed E-state index contributed by atoms with van der Waals surface area (Å²) in [7, 11) is -1.59. The molecule has 86 valence electrons. The summed E-state index contributed by atoms with van der Waals surface area (Å²) in [4.78, 5) is 0. The van der Waals surface area contributed by atoms with Crippen LogP contribution < -0.4 is 5.73 Å². The molecule has 0 radical (unpaired) electrons. The second-order valence-electron chi connectivity index (χ2n) is 4.92. The highest BCUT2D eigenvalue weighted by Crippen LogP contribution is 2.18. The molecule has 0 rings (SSSR count). The Morgan fingerprint density at radius 1 is 1.36 bits per heavy atom. The van der Waals surface area contributed by atoms with Gasteiger partial charge in [0.05, 0.1) is 5.75 Å². The van der Waals surface area contributed by atoms with E-state index in [1.807, 2.05) is 20.8 Å². The first kappa shape index (κ1) is 13.9. The number of rotatable bonds is 4. The molecule has 0 fully saturated rings. The van der Waals surface area contributed by atoms with Crippen molar-refractivity contribution in [3.63, 3.8) is 0 Å². The first-order valence-corrected chi connectivity index (χ1v) is 6.37. The topological polar surface area (TPSA) is 63.4 Å². The Hall–Kier alpha value is -0.130. The van der Waals surface area contributed by atoms with Gasteiger partial charge in [0, 0.05) is 19.6 Å². The fraction of sp³-hybridized carbons (Fsp3) is 1.00. The molecule has 0 saturated heterocycles. The molecule has 1 atom stereocenters. The molecular formula is C9H22N2O2S. The SMILES string of the molecule is CC(CN)N(C)S(=O)(=O)CC(C)(C)C. The molecular weight excluding hydrogens is 200 g/mol. The summed E-state index contributed by atoms with van der Waals surface area (Å²) in [5.74, 6) is 0.154. The number of nitrogens with zero attached hydrogens (tertiary/aromatic N) is 1. The van der Waals surface area contributed by atoms with Crippen LogP contribution in [0, 0.1) is 5.41 Å². The summed E-state index contributed by atoms with van der Waals surface area (Å²) in [6.07, 6.45) is 0. The molecule has 0 spiro atoms. The average molecular weight is 222 g/mol. The van der Waals surface area contributed by atoms with Crippen molar-refractivity contribution in [2.75, 3.05) is 19.3 Å². The molecule has 14 heavy (non-hydrogen) atoms. The number of hydrogen-bond acceptors (Lipinski definition) is 3. The van der Waals surface area contributed by atoms with Gasteiger partial charge >= 0.3 is 0 Å². The summed E-state index contributed by atoms with van der Waals surface area (Å²) in [6.45, 7) is 7.88. The Morgan fingerprint density at radius 3 is 2.07 bits per heavy atom. The van der Waals surface area contributed by atoms with Crippen LogP contribution in [0.4, 0.5) is 0 Å². The van der Waals surface area contributed by atoms with Crippen LogP contribution in [0.2, 0.25) is 0 Å². The summed E-state index contributed by atoms with van der Waals surface area (Å²) >= 11 is 0. The van der Waals surface area contributed by atoms with E-state index in [-0.39, 0.29) is 17.2 Å². The van der Waals surface area contributed by atoms with Gasteiger partial charge in [0.2, 0.25) is 10.0 Å². The van der Waals surface area contributed by atoms with Crippen molar-refractivity contribution in [3.8, 4) is 0 Å². The van der Waals surface area contributed by atoms with E-state index in [9.17, 15) is 8.42 Å². The third-order valence-electron chi connectivity index (χ3n) is 2.02. The lowest BCUT2D eigenvalue weighted by atomic mass is 10.0. The highest BCUT2D eigenvalue weighted by Gasteiger charge is 2.27. The van der Waals surface area contributed by atoms with Crippen molar-refractivity contribution in [3.05, 3.63) is 0 Å². The number of nitrogens with two attached hydrogens (primary N) is 1. The van der Waals surface area contributed by atoms with E-state index >= 15 is 0 Å². The predicted octanol–water partition coefficient (Wildman–Crippen LogP) is 0.641. The minimum atomic E-state index is -3.18. The van der Waals surface area contributed by atoms with E-state index in [0.717, 1.165) is 0 Å². The largest absolute Gasteiger partial charge is 0.329 e. The molecule has 4 nitrogen and oxygen atoms in total. The van der Waals surface area contributed by atoms with Gasteiger partial charge in [-0.05, 0) is 12.3 Å². The fourth-order valence-electron chi connectivity index (χ4n) is 1.07. The van der Waals surface area contributed by atoms with Gasteiger partial charge in [-0.3, -0.25) is 0 Å². The molecule has 1 unspecified atom stereocenters. The summed E-state index contributed by atoms with van der Waals surface area (Å²) in [5.41, 5.74) is 5.21. The van der Waals surface area contributed by atoms with E-state index in [1.165, 1.54) is 4.31 Å². The molecule has 0 heterocycles. The van der Waals surface area contributed by atoms with Crippen molar-refractivity contribution in [2.45, 2.75) is 33.7 Å². The monoisotopic (exact) mass is 222 g/mol. The van der Waals surface area contributed by atoms with Crippen LogP contribution in [-0.2, 0) is 10.0 Å². The zero-order valence-electron chi connectivity index (χ0n) is 9.74. The molecule has 0 aromatic rings. The van der Waals surface area contributed by atoms with Gasteiger partial charge in [0.15, 0.2) is 0 Å². The van der Waals surface area contributed by atoms with E-state index in [2.05, 4.69) is 0 Å². The van der Waals surface area contributed by atoms with Crippen LogP contribution in [0.5, 0.6) is 0 Å². The number of hydrogen-bond donors (Lipinski definition) is 1. The van der Waals surface area contributed by atoms with Gasteiger partial charge in [-0.15, -0.1) is 0 Å². The molecule has 0 aliphatic carbocycles. The third kappa shape index (κ3) is 4.39. The van der Waals surface area contributed by atoms with Gasteiger partial charge in [-0.25, -0.2) is 12.7 Å². The third-order valence-corrected chi connectivity index (χ3v) is 4.48. The molecule has 0 aliphatic heterocycles. The lowest BCUT2D eigenvalue weighted by molar-refractivity contribution is 0.376. The second kappa shape index (κ2) is 4.59. The number of likely N-dealkylation sites (N-methyl/N-ethyl adjacent to an activating group) is 1. The molecule has 2 N–H and O–H groups in total. The van der Waals surface area contributed by atoms with Crippen molar-refractivity contribution in [1.29, 1.82) is 0 Å². The smallest absolute Gasteiger partial charge is 0.214 e. The first-order chi connectivity index (χ1) is 6.10. The number of sulfonamides is 1. The van der Waals surface area contributed by atoms with E-state index < -0.39 is 10.0 Å². The molecule has 0 bridgehead atoms. The average Bonchev–Trinajstić information content (AvgIpc) is 1.97. The summed E-state index contributed by atoms with van der Waals surface area (Å²) < 4.78 is 25.0. The van der Waals surface area contributed by atoms with Gasteiger partial charge in [-0.1, -0.05) is 20.8 Å². The Kier molecular flexibility index (Phi) is 4.55. The second-order valence-corrected chi connectivity index (χ2v) is 6.95. The molecule has 5 heteroatoms. The van der Waals surface area contributed by atoms with Crippen LogP contribution in [0.15, 0.2) is 0 Å².